The van der Waals surface area contributed by atoms with E-state index in [0.717, 1.165) is 11.3 Å². The fourth-order valence-electron chi connectivity index (χ4n) is 2.89. The van der Waals surface area contributed by atoms with Crippen LogP contribution >= 0.6 is 0 Å². The van der Waals surface area contributed by atoms with Crippen molar-refractivity contribution in [2.45, 2.75) is 39.3 Å². The van der Waals surface area contributed by atoms with Gasteiger partial charge in [0.25, 0.3) is 0 Å². The number of aryl methyl sites for hydroxylation is 3. The number of anilines is 2. The van der Waals surface area contributed by atoms with Crippen LogP contribution in [0.3, 0.4) is 0 Å². The maximum absolute atomic E-state index is 15.0. The molecule has 1 aliphatic rings. The zero-order valence-corrected chi connectivity index (χ0v) is 14.4. The van der Waals surface area contributed by atoms with E-state index in [2.05, 4.69) is 25.3 Å². The van der Waals surface area contributed by atoms with E-state index in [0.29, 0.717) is 43.5 Å². The summed E-state index contributed by atoms with van der Waals surface area (Å²) in [4.78, 5) is 19.2. The van der Waals surface area contributed by atoms with Gasteiger partial charge in [-0.2, -0.15) is 0 Å². The molecule has 128 valence electrons. The molecule has 3 heterocycles. The monoisotopic (exact) mass is 330 g/mol. The minimum absolute atomic E-state index is 0.255. The molecule has 0 aromatic carbocycles. The molecule has 24 heavy (non-hydrogen) atoms. The Morgan fingerprint density at radius 1 is 1.12 bits per heavy atom. The number of nitrogens with zero attached hydrogens (tertiary/aromatic N) is 5. The quantitative estimate of drug-likeness (QED) is 0.929. The summed E-state index contributed by atoms with van der Waals surface area (Å²) >= 11 is 0. The Labute approximate surface area is 141 Å². The molecule has 0 atom stereocenters. The largest absolute Gasteiger partial charge is 0.367 e. The van der Waals surface area contributed by atoms with Crippen LogP contribution in [0.15, 0.2) is 18.5 Å². The van der Waals surface area contributed by atoms with Crippen molar-refractivity contribution in [3.8, 4) is 0 Å². The van der Waals surface area contributed by atoms with Gasteiger partial charge in [-0.25, -0.2) is 24.3 Å². The summed E-state index contributed by atoms with van der Waals surface area (Å²) in [5.41, 5.74) is 0.660. The summed E-state index contributed by atoms with van der Waals surface area (Å²) in [5, 5.41) is 3.12. The molecule has 3 rings (SSSR count). The van der Waals surface area contributed by atoms with E-state index in [1.54, 1.807) is 12.4 Å². The van der Waals surface area contributed by atoms with E-state index in [4.69, 9.17) is 0 Å². The standard InChI is InChI=1S/C17H23FN6/c1-12-9-19-16(20-10-12)24-6-4-17(18,5-7-24)11-21-15-8-13(2)22-14(3)23-15/h8-10H,4-7,11H2,1-3H3,(H,21,22,23). The van der Waals surface area contributed by atoms with Crippen molar-refractivity contribution in [1.82, 2.24) is 19.9 Å². The Kier molecular flexibility index (Phi) is 4.59. The maximum Gasteiger partial charge on any atom is 0.225 e. The molecule has 2 aromatic heterocycles. The molecule has 0 saturated carbocycles. The number of hydrogen-bond acceptors (Lipinski definition) is 6. The molecule has 6 nitrogen and oxygen atoms in total. The predicted molar refractivity (Wildman–Crippen MR) is 92.1 cm³/mol. The molecule has 1 saturated heterocycles. The lowest BCUT2D eigenvalue weighted by atomic mass is 9.93. The van der Waals surface area contributed by atoms with Crippen LogP contribution in [-0.4, -0.2) is 45.2 Å². The summed E-state index contributed by atoms with van der Waals surface area (Å²) in [7, 11) is 0. The third-order valence-electron chi connectivity index (χ3n) is 4.26. The molecule has 0 bridgehead atoms. The van der Waals surface area contributed by atoms with Crippen LogP contribution < -0.4 is 10.2 Å². The van der Waals surface area contributed by atoms with Gasteiger partial charge in [0.1, 0.15) is 17.3 Å². The molecule has 2 aromatic rings. The van der Waals surface area contributed by atoms with Gasteiger partial charge in [-0.05, 0) is 26.3 Å². The van der Waals surface area contributed by atoms with Crippen LogP contribution in [0.2, 0.25) is 0 Å². The first kappa shape index (κ1) is 16.5. The van der Waals surface area contributed by atoms with Gasteiger partial charge in [0.15, 0.2) is 0 Å². The first-order valence-electron chi connectivity index (χ1n) is 8.22. The molecule has 7 heteroatoms. The summed E-state index contributed by atoms with van der Waals surface area (Å²) in [6.07, 6.45) is 4.47. The first-order chi connectivity index (χ1) is 11.4. The highest BCUT2D eigenvalue weighted by Gasteiger charge is 2.35. The van der Waals surface area contributed by atoms with Crippen molar-refractivity contribution in [2.75, 3.05) is 29.9 Å². The lowest BCUT2D eigenvalue weighted by molar-refractivity contribution is 0.140. The Morgan fingerprint density at radius 3 is 2.42 bits per heavy atom. The van der Waals surface area contributed by atoms with E-state index >= 15 is 4.39 Å². The van der Waals surface area contributed by atoms with E-state index in [1.165, 1.54) is 0 Å². The summed E-state index contributed by atoms with van der Waals surface area (Å²) in [6, 6.07) is 1.84. The highest BCUT2D eigenvalue weighted by molar-refractivity contribution is 5.37. The molecule has 0 radical (unpaired) electrons. The number of hydrogen-bond donors (Lipinski definition) is 1. The van der Waals surface area contributed by atoms with Crippen LogP contribution in [0.1, 0.15) is 29.9 Å². The zero-order valence-electron chi connectivity index (χ0n) is 14.4. The SMILES string of the molecule is Cc1cnc(N2CCC(F)(CNc3cc(C)nc(C)n3)CC2)nc1. The molecule has 1 N–H and O–H groups in total. The van der Waals surface area contributed by atoms with Gasteiger partial charge < -0.3 is 10.2 Å². The first-order valence-corrected chi connectivity index (χ1v) is 8.22. The number of halogens is 1. The van der Waals surface area contributed by atoms with Crippen LogP contribution in [0, 0.1) is 20.8 Å². The van der Waals surface area contributed by atoms with E-state index in [-0.39, 0.29) is 6.54 Å². The fourth-order valence-corrected chi connectivity index (χ4v) is 2.89. The Hall–Kier alpha value is -2.31. The van der Waals surface area contributed by atoms with Gasteiger partial charge >= 0.3 is 0 Å². The second-order valence-electron chi connectivity index (χ2n) is 6.49. The van der Waals surface area contributed by atoms with Crippen LogP contribution in [0.4, 0.5) is 16.2 Å². The fraction of sp³-hybridized carbons (Fsp3) is 0.529. The highest BCUT2D eigenvalue weighted by Crippen LogP contribution is 2.28. The van der Waals surface area contributed by atoms with Gasteiger partial charge in [-0.1, -0.05) is 0 Å². The summed E-state index contributed by atoms with van der Waals surface area (Å²) in [5.74, 6) is 2.05. The number of piperidine rings is 1. The van der Waals surface area contributed by atoms with E-state index in [9.17, 15) is 0 Å². The number of aromatic nitrogens is 4. The molecule has 0 aliphatic carbocycles. The molecule has 1 aliphatic heterocycles. The van der Waals surface area contributed by atoms with Gasteiger partial charge in [-0.3, -0.25) is 0 Å². The van der Waals surface area contributed by atoms with E-state index in [1.807, 2.05) is 31.7 Å². The van der Waals surface area contributed by atoms with Crippen LogP contribution in [0.25, 0.3) is 0 Å². The van der Waals surface area contributed by atoms with Gasteiger partial charge in [-0.15, -0.1) is 0 Å². The second-order valence-corrected chi connectivity index (χ2v) is 6.49. The van der Waals surface area contributed by atoms with Crippen molar-refractivity contribution < 1.29 is 4.39 Å². The zero-order chi connectivity index (χ0) is 17.2. The third-order valence-corrected chi connectivity index (χ3v) is 4.26. The number of nitrogens with one attached hydrogen (secondary N) is 1. The molecule has 1 fully saturated rings. The van der Waals surface area contributed by atoms with Crippen molar-refractivity contribution in [2.24, 2.45) is 0 Å². The Balaban J connectivity index is 1.57. The Morgan fingerprint density at radius 2 is 1.79 bits per heavy atom. The van der Waals surface area contributed by atoms with Crippen LogP contribution in [-0.2, 0) is 0 Å². The normalized spacial score (nSPS) is 16.9. The minimum atomic E-state index is -1.24. The number of rotatable bonds is 4. The maximum atomic E-state index is 15.0. The summed E-state index contributed by atoms with van der Waals surface area (Å²) in [6.45, 7) is 7.18. The average molecular weight is 330 g/mol. The summed E-state index contributed by atoms with van der Waals surface area (Å²) < 4.78 is 15.0. The average Bonchev–Trinajstić information content (AvgIpc) is 2.54. The lowest BCUT2D eigenvalue weighted by Gasteiger charge is -2.36. The predicted octanol–water partition coefficient (Wildman–Crippen LogP) is 2.61. The van der Waals surface area contributed by atoms with Gasteiger partial charge in [0, 0.05) is 50.1 Å². The van der Waals surface area contributed by atoms with Crippen molar-refractivity contribution in [3.05, 3.63) is 35.5 Å². The molecule has 0 unspecified atom stereocenters. The van der Waals surface area contributed by atoms with Gasteiger partial charge in [0.2, 0.25) is 5.95 Å². The smallest absolute Gasteiger partial charge is 0.225 e. The molecule has 0 spiro atoms. The molecular weight excluding hydrogens is 307 g/mol. The van der Waals surface area contributed by atoms with Crippen molar-refractivity contribution in [1.29, 1.82) is 0 Å². The lowest BCUT2D eigenvalue weighted by Crippen LogP contribution is -2.46. The van der Waals surface area contributed by atoms with Gasteiger partial charge in [0.05, 0.1) is 6.54 Å². The van der Waals surface area contributed by atoms with E-state index < -0.39 is 5.67 Å². The third kappa shape index (κ3) is 3.96. The van der Waals surface area contributed by atoms with Crippen LogP contribution in [0.5, 0.6) is 0 Å². The highest BCUT2D eigenvalue weighted by atomic mass is 19.1. The number of alkyl halides is 1. The minimum Gasteiger partial charge on any atom is -0.367 e. The second kappa shape index (κ2) is 6.67. The molecular formula is C17H23FN6. The Bertz CT molecular complexity index is 674. The molecule has 0 amide bonds. The van der Waals surface area contributed by atoms with Crippen molar-refractivity contribution >= 4 is 11.8 Å². The van der Waals surface area contributed by atoms with Crippen molar-refractivity contribution in [3.63, 3.8) is 0 Å². The topological polar surface area (TPSA) is 66.8 Å².